The third-order valence-corrected chi connectivity index (χ3v) is 3.97. The predicted molar refractivity (Wildman–Crippen MR) is 92.6 cm³/mol. The number of rotatable bonds is 3. The van der Waals surface area contributed by atoms with Crippen molar-refractivity contribution in [1.82, 2.24) is 24.5 Å². The second-order valence-electron chi connectivity index (χ2n) is 5.78. The fourth-order valence-electron chi connectivity index (χ4n) is 2.69. The van der Waals surface area contributed by atoms with E-state index in [0.717, 1.165) is 5.39 Å². The van der Waals surface area contributed by atoms with Gasteiger partial charge in [-0.05, 0) is 19.1 Å². The van der Waals surface area contributed by atoms with Crippen LogP contribution in [0.4, 0.5) is 0 Å². The van der Waals surface area contributed by atoms with Crippen LogP contribution in [-0.2, 0) is 6.54 Å². The molecule has 0 fully saturated rings. The minimum atomic E-state index is -0.544. The maximum Gasteiger partial charge on any atom is 0.362 e. The van der Waals surface area contributed by atoms with Gasteiger partial charge in [0.1, 0.15) is 11.3 Å². The van der Waals surface area contributed by atoms with Crippen LogP contribution in [0.3, 0.4) is 0 Å². The monoisotopic (exact) mass is 351 g/mol. The van der Waals surface area contributed by atoms with E-state index in [-0.39, 0.29) is 12.2 Å². The van der Waals surface area contributed by atoms with E-state index in [4.69, 9.17) is 4.42 Å². The molecular weight excluding hydrogens is 338 g/mol. The number of hydrogen-bond donors (Lipinski definition) is 1. The van der Waals surface area contributed by atoms with Gasteiger partial charge in [-0.25, -0.2) is 14.3 Å². The lowest BCUT2D eigenvalue weighted by molar-refractivity contribution is 0.550. The topological polar surface area (TPSA) is 116 Å². The Morgan fingerprint density at radius 3 is 2.77 bits per heavy atom. The van der Waals surface area contributed by atoms with Crippen LogP contribution < -0.4 is 16.9 Å². The molecule has 0 saturated carbocycles. The van der Waals surface area contributed by atoms with Crippen molar-refractivity contribution in [3.8, 4) is 5.69 Å². The molecular formula is C17H13N5O4. The van der Waals surface area contributed by atoms with Gasteiger partial charge in [-0.1, -0.05) is 23.4 Å². The molecule has 0 atom stereocenters. The Bertz CT molecular complexity index is 1290. The van der Waals surface area contributed by atoms with Gasteiger partial charge in [0.25, 0.3) is 5.56 Å². The van der Waals surface area contributed by atoms with Crippen LogP contribution in [0.1, 0.15) is 11.4 Å². The third-order valence-electron chi connectivity index (χ3n) is 3.97. The second kappa shape index (κ2) is 5.96. The summed E-state index contributed by atoms with van der Waals surface area (Å²) < 4.78 is 7.95. The van der Waals surface area contributed by atoms with Gasteiger partial charge >= 0.3 is 11.3 Å². The van der Waals surface area contributed by atoms with Crippen molar-refractivity contribution in [2.75, 3.05) is 0 Å². The Balaban J connectivity index is 1.73. The van der Waals surface area contributed by atoms with Gasteiger partial charge in [-0.3, -0.25) is 14.3 Å². The van der Waals surface area contributed by atoms with Gasteiger partial charge in [0.2, 0.25) is 0 Å². The highest BCUT2D eigenvalue weighted by molar-refractivity contribution is 5.77. The molecule has 130 valence electrons. The maximum absolute atomic E-state index is 12.2. The first-order valence-corrected chi connectivity index (χ1v) is 7.76. The number of H-pyrrole nitrogens is 1. The van der Waals surface area contributed by atoms with E-state index in [1.165, 1.54) is 21.5 Å². The molecule has 3 aromatic heterocycles. The number of aromatic amines is 1. The molecule has 9 heteroatoms. The standard InChI is InChI=1S/C17H13N5O4/c1-10-6-15(23)18-17(25)21(10)8-12-9-22(20-19-12)13-7-11-4-2-3-5-14(11)26-16(13)24/h2-7,9H,8H2,1H3,(H,18,23,25). The molecule has 0 amide bonds. The summed E-state index contributed by atoms with van der Waals surface area (Å²) >= 11 is 0. The number of aromatic nitrogens is 5. The molecule has 26 heavy (non-hydrogen) atoms. The number of nitrogens with zero attached hydrogens (tertiary/aromatic N) is 4. The van der Waals surface area contributed by atoms with Crippen molar-refractivity contribution in [2.24, 2.45) is 0 Å². The minimum Gasteiger partial charge on any atom is -0.421 e. The maximum atomic E-state index is 12.2. The first-order chi connectivity index (χ1) is 12.5. The van der Waals surface area contributed by atoms with Crippen LogP contribution in [0.5, 0.6) is 0 Å². The van der Waals surface area contributed by atoms with E-state index in [1.807, 2.05) is 12.1 Å². The fourth-order valence-corrected chi connectivity index (χ4v) is 2.69. The first-order valence-electron chi connectivity index (χ1n) is 7.76. The molecule has 0 radical (unpaired) electrons. The SMILES string of the molecule is Cc1cc(=O)[nH]c(=O)n1Cc1cn(-c2cc3ccccc3oc2=O)nn1. The Morgan fingerprint density at radius 1 is 1.15 bits per heavy atom. The zero-order chi connectivity index (χ0) is 18.3. The number of aryl methyl sites for hydroxylation is 1. The zero-order valence-electron chi connectivity index (χ0n) is 13.7. The third kappa shape index (κ3) is 2.75. The number of para-hydroxylation sites is 1. The number of fused-ring (bicyclic) bond motifs is 1. The summed E-state index contributed by atoms with van der Waals surface area (Å²) in [6, 6.07) is 10.1. The van der Waals surface area contributed by atoms with Crippen LogP contribution in [0.15, 0.2) is 61.4 Å². The average Bonchev–Trinajstić information content (AvgIpc) is 3.06. The summed E-state index contributed by atoms with van der Waals surface area (Å²) in [6.07, 6.45) is 1.54. The van der Waals surface area contributed by atoms with Crippen molar-refractivity contribution in [3.05, 3.63) is 85.2 Å². The molecule has 1 N–H and O–H groups in total. The molecule has 0 aliphatic carbocycles. The smallest absolute Gasteiger partial charge is 0.362 e. The summed E-state index contributed by atoms with van der Waals surface area (Å²) in [6.45, 7) is 1.76. The van der Waals surface area contributed by atoms with Gasteiger partial charge in [-0.15, -0.1) is 5.10 Å². The summed E-state index contributed by atoms with van der Waals surface area (Å²) in [4.78, 5) is 37.6. The first kappa shape index (κ1) is 15.8. The molecule has 0 spiro atoms. The lowest BCUT2D eigenvalue weighted by atomic mass is 10.2. The average molecular weight is 351 g/mol. The molecule has 3 heterocycles. The van der Waals surface area contributed by atoms with E-state index in [9.17, 15) is 14.4 Å². The van der Waals surface area contributed by atoms with Crippen molar-refractivity contribution in [3.63, 3.8) is 0 Å². The van der Waals surface area contributed by atoms with Gasteiger partial charge in [-0.2, -0.15) is 0 Å². The van der Waals surface area contributed by atoms with E-state index in [1.54, 1.807) is 25.1 Å². The Morgan fingerprint density at radius 2 is 1.96 bits per heavy atom. The van der Waals surface area contributed by atoms with Crippen LogP contribution in [0.2, 0.25) is 0 Å². The zero-order valence-corrected chi connectivity index (χ0v) is 13.7. The van der Waals surface area contributed by atoms with Gasteiger partial charge in [0.15, 0.2) is 5.69 Å². The van der Waals surface area contributed by atoms with Crippen molar-refractivity contribution < 1.29 is 4.42 Å². The Hall–Kier alpha value is -3.75. The summed E-state index contributed by atoms with van der Waals surface area (Å²) in [7, 11) is 0. The van der Waals surface area contributed by atoms with Crippen LogP contribution in [-0.4, -0.2) is 24.5 Å². The van der Waals surface area contributed by atoms with E-state index >= 15 is 0 Å². The lowest BCUT2D eigenvalue weighted by Crippen LogP contribution is -2.31. The normalized spacial score (nSPS) is 11.1. The van der Waals surface area contributed by atoms with Crippen molar-refractivity contribution >= 4 is 11.0 Å². The summed E-state index contributed by atoms with van der Waals surface area (Å²) in [5.41, 5.74) is 0.117. The van der Waals surface area contributed by atoms with Crippen molar-refractivity contribution in [2.45, 2.75) is 13.5 Å². The highest BCUT2D eigenvalue weighted by atomic mass is 16.4. The molecule has 0 bridgehead atoms. The second-order valence-corrected chi connectivity index (χ2v) is 5.78. The molecule has 0 aliphatic heterocycles. The predicted octanol–water partition coefficient (Wildman–Crippen LogP) is 0.580. The van der Waals surface area contributed by atoms with Crippen LogP contribution in [0, 0.1) is 6.92 Å². The molecule has 0 aliphatic rings. The van der Waals surface area contributed by atoms with Crippen LogP contribution >= 0.6 is 0 Å². The lowest BCUT2D eigenvalue weighted by Gasteiger charge is -2.05. The van der Waals surface area contributed by atoms with E-state index < -0.39 is 16.9 Å². The Kier molecular flexibility index (Phi) is 3.61. The molecule has 1 aromatic carbocycles. The minimum absolute atomic E-state index is 0.111. The molecule has 0 unspecified atom stereocenters. The number of hydrogen-bond acceptors (Lipinski definition) is 6. The van der Waals surface area contributed by atoms with Gasteiger partial charge in [0.05, 0.1) is 12.7 Å². The molecule has 0 saturated heterocycles. The van der Waals surface area contributed by atoms with Crippen molar-refractivity contribution in [1.29, 1.82) is 0 Å². The molecule has 4 aromatic rings. The molecule has 4 rings (SSSR count). The number of benzene rings is 1. The Labute approximate surface area is 145 Å². The van der Waals surface area contributed by atoms with Crippen LogP contribution in [0.25, 0.3) is 16.7 Å². The van der Waals surface area contributed by atoms with E-state index in [0.29, 0.717) is 17.0 Å². The highest BCUT2D eigenvalue weighted by Crippen LogP contribution is 2.14. The quantitative estimate of drug-likeness (QED) is 0.540. The molecule has 9 nitrogen and oxygen atoms in total. The number of nitrogens with one attached hydrogen (secondary N) is 1. The van der Waals surface area contributed by atoms with Gasteiger partial charge < -0.3 is 4.42 Å². The summed E-state index contributed by atoms with van der Waals surface area (Å²) in [5, 5.41) is 8.70. The fraction of sp³-hybridized carbons (Fsp3) is 0.118. The van der Waals surface area contributed by atoms with Gasteiger partial charge in [0, 0.05) is 17.1 Å². The summed E-state index contributed by atoms with van der Waals surface area (Å²) in [5.74, 6) is 0. The van der Waals surface area contributed by atoms with E-state index in [2.05, 4.69) is 15.3 Å². The highest BCUT2D eigenvalue weighted by Gasteiger charge is 2.11. The largest absolute Gasteiger partial charge is 0.421 e.